The molecule has 0 fully saturated rings. The van der Waals surface area contributed by atoms with Gasteiger partial charge in [0.2, 0.25) is 0 Å². The number of benzene rings is 2. The van der Waals surface area contributed by atoms with Crippen LogP contribution in [0.5, 0.6) is 5.75 Å². The van der Waals surface area contributed by atoms with Gasteiger partial charge in [0.25, 0.3) is 0 Å². The highest BCUT2D eigenvalue weighted by atomic mass is 32.2. The van der Waals surface area contributed by atoms with Crippen molar-refractivity contribution in [3.63, 3.8) is 0 Å². The number of anilines is 1. The molecule has 0 aromatic heterocycles. The van der Waals surface area contributed by atoms with Gasteiger partial charge in [0.05, 0.1) is 23.9 Å². The molecule has 0 amide bonds. The minimum Gasteiger partial charge on any atom is -0.497 e. The Morgan fingerprint density at radius 1 is 1.11 bits per heavy atom. The molecule has 5 nitrogen and oxygen atoms in total. The molecular weight excluding hydrogens is 362 g/mol. The second-order valence-corrected chi connectivity index (χ2v) is 10.0. The zero-order valence-electron chi connectivity index (χ0n) is 16.4. The lowest BCUT2D eigenvalue weighted by Crippen LogP contribution is -2.38. The van der Waals surface area contributed by atoms with Crippen molar-refractivity contribution in [1.29, 1.82) is 0 Å². The fourth-order valence-electron chi connectivity index (χ4n) is 3.79. The summed E-state index contributed by atoms with van der Waals surface area (Å²) in [5.41, 5.74) is 1.62. The Morgan fingerprint density at radius 2 is 1.74 bits per heavy atom. The summed E-state index contributed by atoms with van der Waals surface area (Å²) in [6.07, 6.45) is -0.848. The van der Waals surface area contributed by atoms with Gasteiger partial charge in [-0.1, -0.05) is 26.0 Å². The molecule has 2 aromatic carbocycles. The van der Waals surface area contributed by atoms with Gasteiger partial charge in [-0.2, -0.15) is 0 Å². The van der Waals surface area contributed by atoms with E-state index < -0.39 is 27.3 Å². The van der Waals surface area contributed by atoms with Gasteiger partial charge in [0.1, 0.15) is 5.75 Å². The monoisotopic (exact) mass is 389 g/mol. The third-order valence-electron chi connectivity index (χ3n) is 5.33. The van der Waals surface area contributed by atoms with Crippen LogP contribution in [-0.4, -0.2) is 46.6 Å². The molecule has 0 saturated heterocycles. The molecule has 1 aliphatic heterocycles. The maximum Gasteiger partial charge on any atom is 0.179 e. The van der Waals surface area contributed by atoms with Crippen molar-refractivity contribution in [2.75, 3.05) is 31.9 Å². The fraction of sp³-hybridized carbons (Fsp3) is 0.429. The van der Waals surface area contributed by atoms with Crippen LogP contribution in [0.15, 0.2) is 47.4 Å². The van der Waals surface area contributed by atoms with Crippen LogP contribution in [0.1, 0.15) is 30.9 Å². The van der Waals surface area contributed by atoms with E-state index in [1.165, 1.54) is 0 Å². The average Bonchev–Trinajstić information content (AvgIpc) is 2.66. The van der Waals surface area contributed by atoms with E-state index in [1.54, 1.807) is 13.2 Å². The molecule has 3 rings (SSSR count). The topological polar surface area (TPSA) is 66.8 Å². The summed E-state index contributed by atoms with van der Waals surface area (Å²) >= 11 is 0. The summed E-state index contributed by atoms with van der Waals surface area (Å²) in [5, 5.41) is 11.3. The highest BCUT2D eigenvalue weighted by molar-refractivity contribution is 7.91. The molecule has 1 N–H and O–H groups in total. The normalized spacial score (nSPS) is 23.2. The zero-order chi connectivity index (χ0) is 20.0. The molecule has 0 saturated carbocycles. The summed E-state index contributed by atoms with van der Waals surface area (Å²) in [7, 11) is 1.91. The molecule has 0 bridgehead atoms. The molecule has 1 aliphatic rings. The van der Waals surface area contributed by atoms with Crippen LogP contribution < -0.4 is 9.64 Å². The lowest BCUT2D eigenvalue weighted by molar-refractivity contribution is 0.0521. The van der Waals surface area contributed by atoms with Crippen LogP contribution in [0.4, 0.5) is 5.69 Å². The first-order valence-corrected chi connectivity index (χ1v) is 10.6. The molecule has 0 spiro atoms. The smallest absolute Gasteiger partial charge is 0.179 e. The fourth-order valence-corrected chi connectivity index (χ4v) is 5.91. The van der Waals surface area contributed by atoms with Crippen LogP contribution in [0.2, 0.25) is 0 Å². The van der Waals surface area contributed by atoms with E-state index in [-0.39, 0.29) is 5.75 Å². The standard InChI is InChI=1S/C21H27NO4S/c1-21(2)13-27(24,25)18-11-8-15(22(3)4)12-17(18)19(20(21)23)14-6-9-16(26-5)10-7-14/h6-12,19-20,23H,13H2,1-5H3. The van der Waals surface area contributed by atoms with Crippen LogP contribution in [0.25, 0.3) is 0 Å². The van der Waals surface area contributed by atoms with Gasteiger partial charge in [-0.05, 0) is 41.5 Å². The Morgan fingerprint density at radius 3 is 2.30 bits per heavy atom. The first-order chi connectivity index (χ1) is 12.6. The summed E-state index contributed by atoms with van der Waals surface area (Å²) in [6, 6.07) is 12.8. The van der Waals surface area contributed by atoms with Gasteiger partial charge in [-0.15, -0.1) is 0 Å². The molecule has 0 aliphatic carbocycles. The molecule has 2 aromatic rings. The molecule has 1 heterocycles. The molecule has 0 radical (unpaired) electrons. The summed E-state index contributed by atoms with van der Waals surface area (Å²) < 4.78 is 31.4. The lowest BCUT2D eigenvalue weighted by atomic mass is 9.75. The van der Waals surface area contributed by atoms with Crippen LogP contribution in [-0.2, 0) is 9.84 Å². The van der Waals surface area contributed by atoms with Gasteiger partial charge < -0.3 is 14.7 Å². The Hall–Kier alpha value is -2.05. The van der Waals surface area contributed by atoms with Gasteiger partial charge in [-0.3, -0.25) is 0 Å². The number of aliphatic hydroxyl groups is 1. The van der Waals surface area contributed by atoms with Crippen molar-refractivity contribution in [1.82, 2.24) is 0 Å². The van der Waals surface area contributed by atoms with Crippen LogP contribution in [0.3, 0.4) is 0 Å². The number of sulfone groups is 1. The third-order valence-corrected chi connectivity index (χ3v) is 7.50. The number of methoxy groups -OCH3 is 1. The molecule has 146 valence electrons. The zero-order valence-corrected chi connectivity index (χ0v) is 17.2. The third kappa shape index (κ3) is 3.56. The maximum atomic E-state index is 13.1. The quantitative estimate of drug-likeness (QED) is 0.874. The van der Waals surface area contributed by atoms with Crippen molar-refractivity contribution < 1.29 is 18.3 Å². The van der Waals surface area contributed by atoms with Crippen molar-refractivity contribution in [2.24, 2.45) is 5.41 Å². The Kier molecular flexibility index (Phi) is 4.99. The summed E-state index contributed by atoms with van der Waals surface area (Å²) in [4.78, 5) is 2.24. The Balaban J connectivity index is 2.29. The highest BCUT2D eigenvalue weighted by Gasteiger charge is 2.45. The molecule has 2 unspecified atom stereocenters. The number of ether oxygens (including phenoxy) is 1. The number of nitrogens with zero attached hydrogens (tertiary/aromatic N) is 1. The van der Waals surface area contributed by atoms with E-state index in [2.05, 4.69) is 0 Å². The van der Waals surface area contributed by atoms with E-state index in [0.29, 0.717) is 10.5 Å². The second-order valence-electron chi connectivity index (χ2n) is 8.06. The van der Waals surface area contributed by atoms with Gasteiger partial charge in [0, 0.05) is 31.1 Å². The number of aliphatic hydroxyl groups excluding tert-OH is 1. The summed E-state index contributed by atoms with van der Waals surface area (Å²) in [6.45, 7) is 3.62. The highest BCUT2D eigenvalue weighted by Crippen LogP contribution is 2.45. The number of fused-ring (bicyclic) bond motifs is 1. The van der Waals surface area contributed by atoms with E-state index in [4.69, 9.17) is 4.74 Å². The van der Waals surface area contributed by atoms with E-state index in [1.807, 2.05) is 69.2 Å². The van der Waals surface area contributed by atoms with E-state index in [0.717, 1.165) is 17.0 Å². The van der Waals surface area contributed by atoms with Gasteiger partial charge in [0.15, 0.2) is 9.84 Å². The minimum atomic E-state index is -3.52. The number of hydrogen-bond donors (Lipinski definition) is 1. The second kappa shape index (κ2) is 6.84. The first kappa shape index (κ1) is 19.7. The van der Waals surface area contributed by atoms with Crippen molar-refractivity contribution in [3.8, 4) is 5.75 Å². The lowest BCUT2D eigenvalue weighted by Gasteiger charge is -2.33. The number of hydrogen-bond acceptors (Lipinski definition) is 5. The molecule has 2 atom stereocenters. The SMILES string of the molecule is COc1ccc(C2c3cc(N(C)C)ccc3S(=O)(=O)CC(C)(C)C2O)cc1. The van der Waals surface area contributed by atoms with Crippen molar-refractivity contribution in [2.45, 2.75) is 30.8 Å². The number of rotatable bonds is 3. The molecule has 27 heavy (non-hydrogen) atoms. The average molecular weight is 390 g/mol. The first-order valence-electron chi connectivity index (χ1n) is 8.93. The van der Waals surface area contributed by atoms with Crippen molar-refractivity contribution >= 4 is 15.5 Å². The molecular formula is C21H27NO4S. The van der Waals surface area contributed by atoms with Crippen LogP contribution >= 0.6 is 0 Å². The summed E-state index contributed by atoms with van der Waals surface area (Å²) in [5.74, 6) is 0.177. The Bertz CT molecular complexity index is 933. The predicted octanol–water partition coefficient (Wildman–Crippen LogP) is 3.07. The maximum absolute atomic E-state index is 13.1. The van der Waals surface area contributed by atoms with Gasteiger partial charge in [-0.25, -0.2) is 8.42 Å². The van der Waals surface area contributed by atoms with Gasteiger partial charge >= 0.3 is 0 Å². The minimum absolute atomic E-state index is 0.0951. The van der Waals surface area contributed by atoms with Crippen molar-refractivity contribution in [3.05, 3.63) is 53.6 Å². The van der Waals surface area contributed by atoms with Crippen LogP contribution in [0, 0.1) is 5.41 Å². The molecule has 6 heteroatoms. The predicted molar refractivity (Wildman–Crippen MR) is 107 cm³/mol. The largest absolute Gasteiger partial charge is 0.497 e. The van der Waals surface area contributed by atoms with E-state index in [9.17, 15) is 13.5 Å². The Labute approximate surface area is 161 Å². The van der Waals surface area contributed by atoms with E-state index >= 15 is 0 Å².